The van der Waals surface area contributed by atoms with E-state index in [1.54, 1.807) is 6.07 Å². The second-order valence-electron chi connectivity index (χ2n) is 9.61. The summed E-state index contributed by atoms with van der Waals surface area (Å²) in [6.45, 7) is 2.09. The van der Waals surface area contributed by atoms with Gasteiger partial charge in [-0.05, 0) is 30.9 Å². The number of carbonyl (C=O) groups excluding carboxylic acids is 1. The van der Waals surface area contributed by atoms with E-state index in [2.05, 4.69) is 7.05 Å². The second kappa shape index (κ2) is 4.45. The van der Waals surface area contributed by atoms with Gasteiger partial charge < -0.3 is 19.4 Å². The van der Waals surface area contributed by atoms with E-state index in [1.807, 2.05) is 6.07 Å². The SMILES string of the molecule is C[N@@+]1(CC2CC2)CC[C@]23c4c5ccc(O)c4O[C@H]2C(=O)CC[C@@]3(O)[C@H]1C5. The number of phenols is 1. The van der Waals surface area contributed by atoms with Gasteiger partial charge in [-0.2, -0.15) is 0 Å². The van der Waals surface area contributed by atoms with Crippen LogP contribution in [0.3, 0.4) is 0 Å². The van der Waals surface area contributed by atoms with Crippen LogP contribution in [-0.2, 0) is 16.6 Å². The molecule has 2 bridgehead atoms. The van der Waals surface area contributed by atoms with Gasteiger partial charge in [0, 0.05) is 30.7 Å². The van der Waals surface area contributed by atoms with E-state index in [0.717, 1.165) is 47.5 Å². The van der Waals surface area contributed by atoms with Crippen molar-refractivity contribution in [2.24, 2.45) is 5.92 Å². The Hall–Kier alpha value is -1.59. The number of hydrogen-bond acceptors (Lipinski definition) is 4. The number of ketones is 1. The first-order valence-corrected chi connectivity index (χ1v) is 10.0. The van der Waals surface area contributed by atoms with Crippen molar-refractivity contribution >= 4 is 5.78 Å². The molecule has 3 aliphatic carbocycles. The molecule has 1 aromatic rings. The van der Waals surface area contributed by atoms with Crippen LogP contribution in [0.1, 0.15) is 43.2 Å². The molecular weight excluding hydrogens is 330 g/mol. The van der Waals surface area contributed by atoms with Crippen molar-refractivity contribution in [1.82, 2.24) is 0 Å². The zero-order valence-corrected chi connectivity index (χ0v) is 15.2. The lowest BCUT2D eigenvalue weighted by molar-refractivity contribution is -0.950. The van der Waals surface area contributed by atoms with Crippen LogP contribution in [0.5, 0.6) is 11.5 Å². The van der Waals surface area contributed by atoms with Gasteiger partial charge >= 0.3 is 0 Å². The summed E-state index contributed by atoms with van der Waals surface area (Å²) in [7, 11) is 2.31. The van der Waals surface area contributed by atoms with E-state index in [9.17, 15) is 15.0 Å². The maximum absolute atomic E-state index is 12.8. The molecular formula is C21H26NO4+. The summed E-state index contributed by atoms with van der Waals surface area (Å²) in [4.78, 5) is 12.8. The summed E-state index contributed by atoms with van der Waals surface area (Å²) in [5.41, 5.74) is 0.492. The molecule has 3 fully saturated rings. The van der Waals surface area contributed by atoms with E-state index in [1.165, 1.54) is 12.8 Å². The molecule has 2 N–H and O–H groups in total. The Morgan fingerprint density at radius 1 is 1.31 bits per heavy atom. The first-order chi connectivity index (χ1) is 12.4. The quantitative estimate of drug-likeness (QED) is 0.791. The average molecular weight is 356 g/mol. The lowest BCUT2D eigenvalue weighted by Crippen LogP contribution is -2.80. The maximum Gasteiger partial charge on any atom is 0.174 e. The number of Topliss-reactive ketones (excluding diaryl/α,β-unsaturated/α-hetero) is 1. The van der Waals surface area contributed by atoms with Gasteiger partial charge in [-0.15, -0.1) is 0 Å². The Balaban J connectivity index is 1.60. The van der Waals surface area contributed by atoms with Crippen molar-refractivity contribution in [3.05, 3.63) is 23.3 Å². The van der Waals surface area contributed by atoms with E-state index in [4.69, 9.17) is 4.74 Å². The number of piperidine rings is 1. The van der Waals surface area contributed by atoms with Crippen LogP contribution >= 0.6 is 0 Å². The number of phenolic OH excluding ortho intramolecular Hbond substituents is 1. The topological polar surface area (TPSA) is 66.8 Å². The third kappa shape index (κ3) is 1.55. The Morgan fingerprint density at radius 2 is 2.12 bits per heavy atom. The highest BCUT2D eigenvalue weighted by Crippen LogP contribution is 2.65. The van der Waals surface area contributed by atoms with Crippen LogP contribution in [0.4, 0.5) is 0 Å². The third-order valence-corrected chi connectivity index (χ3v) is 8.28. The fourth-order valence-electron chi connectivity index (χ4n) is 6.94. The molecule has 0 unspecified atom stereocenters. The number of carbonyl (C=O) groups is 1. The Bertz CT molecular complexity index is 849. The van der Waals surface area contributed by atoms with Gasteiger partial charge in [0.05, 0.1) is 25.6 Å². The number of likely N-dealkylation sites (N-methyl/N-ethyl adjacent to an activating group) is 1. The van der Waals surface area contributed by atoms with E-state index < -0.39 is 17.1 Å². The zero-order chi connectivity index (χ0) is 17.9. The molecule has 5 atom stereocenters. The van der Waals surface area contributed by atoms with Gasteiger partial charge in [0.15, 0.2) is 23.4 Å². The highest BCUT2D eigenvalue weighted by molar-refractivity contribution is 5.90. The first-order valence-electron chi connectivity index (χ1n) is 10.0. The summed E-state index contributed by atoms with van der Waals surface area (Å²) in [5.74, 6) is 1.42. The molecule has 2 heterocycles. The Labute approximate surface area is 153 Å². The standard InChI is InChI=1S/C21H25NO4/c1-22(11-12-2-3-12)9-8-20-17-13-4-5-14(23)18(17)26-19(20)15(24)6-7-21(20,25)16(22)10-13/h4-5,12,16,19,25H,2-3,6-11H2,1H3/p+1/t16-,19+,20+,21-,22+/m1/s1. The zero-order valence-electron chi connectivity index (χ0n) is 15.2. The fourth-order valence-corrected chi connectivity index (χ4v) is 6.94. The minimum Gasteiger partial charge on any atom is -0.504 e. The van der Waals surface area contributed by atoms with Crippen LogP contribution < -0.4 is 4.74 Å². The molecule has 5 nitrogen and oxygen atoms in total. The normalized spacial score (nSPS) is 45.2. The second-order valence-corrected chi connectivity index (χ2v) is 9.61. The van der Waals surface area contributed by atoms with Gasteiger partial charge in [-0.3, -0.25) is 4.79 Å². The van der Waals surface area contributed by atoms with Gasteiger partial charge in [0.2, 0.25) is 0 Å². The number of likely N-dealkylation sites (tertiary alicyclic amines) is 1. The van der Waals surface area contributed by atoms with Crippen LogP contribution in [0.15, 0.2) is 12.1 Å². The third-order valence-electron chi connectivity index (χ3n) is 8.28. The van der Waals surface area contributed by atoms with Crippen LogP contribution in [0.2, 0.25) is 0 Å². The molecule has 0 radical (unpaired) electrons. The molecule has 1 aromatic carbocycles. The number of aliphatic hydroxyl groups is 1. The van der Waals surface area contributed by atoms with Crippen molar-refractivity contribution in [2.75, 3.05) is 20.1 Å². The summed E-state index contributed by atoms with van der Waals surface area (Å²) in [5, 5.41) is 22.5. The molecule has 6 rings (SSSR count). The molecule has 1 spiro atoms. The number of quaternary nitrogens is 1. The van der Waals surface area contributed by atoms with Gasteiger partial charge in [0.1, 0.15) is 11.6 Å². The smallest absolute Gasteiger partial charge is 0.174 e. The summed E-state index contributed by atoms with van der Waals surface area (Å²) in [6, 6.07) is 3.77. The van der Waals surface area contributed by atoms with Crippen molar-refractivity contribution in [3.8, 4) is 11.5 Å². The van der Waals surface area contributed by atoms with Crippen molar-refractivity contribution in [2.45, 2.75) is 61.7 Å². The van der Waals surface area contributed by atoms with Gasteiger partial charge in [-0.1, -0.05) is 6.07 Å². The lowest BCUT2D eigenvalue weighted by atomic mass is 9.48. The maximum atomic E-state index is 12.8. The first kappa shape index (κ1) is 15.5. The number of benzene rings is 1. The summed E-state index contributed by atoms with van der Waals surface area (Å²) in [6.07, 6.45) is 4.42. The molecule has 2 saturated carbocycles. The number of nitrogens with zero attached hydrogens (tertiary/aromatic N) is 1. The summed E-state index contributed by atoms with van der Waals surface area (Å²) >= 11 is 0. The number of ether oxygens (including phenoxy) is 1. The van der Waals surface area contributed by atoms with Gasteiger partial charge in [-0.25, -0.2) is 0 Å². The van der Waals surface area contributed by atoms with E-state index >= 15 is 0 Å². The van der Waals surface area contributed by atoms with Crippen molar-refractivity contribution < 1.29 is 24.2 Å². The van der Waals surface area contributed by atoms with E-state index in [0.29, 0.717) is 18.6 Å². The number of rotatable bonds is 2. The molecule has 5 aliphatic rings. The monoisotopic (exact) mass is 356 g/mol. The molecule has 0 aromatic heterocycles. The van der Waals surface area contributed by atoms with E-state index in [-0.39, 0.29) is 17.6 Å². The largest absolute Gasteiger partial charge is 0.504 e. The summed E-state index contributed by atoms with van der Waals surface area (Å²) < 4.78 is 6.98. The van der Waals surface area contributed by atoms with Crippen molar-refractivity contribution in [1.29, 1.82) is 0 Å². The minimum atomic E-state index is -0.931. The number of hydrogen-bond donors (Lipinski definition) is 2. The molecule has 26 heavy (non-hydrogen) atoms. The molecule has 0 amide bonds. The average Bonchev–Trinajstić information content (AvgIpc) is 3.32. The lowest BCUT2D eigenvalue weighted by Gasteiger charge is -2.64. The predicted molar refractivity (Wildman–Crippen MR) is 94.1 cm³/mol. The van der Waals surface area contributed by atoms with Crippen LogP contribution in [-0.4, -0.2) is 58.4 Å². The minimum absolute atomic E-state index is 0.0789. The molecule has 138 valence electrons. The highest BCUT2D eigenvalue weighted by atomic mass is 16.5. The molecule has 5 heteroatoms. The molecule has 1 saturated heterocycles. The van der Waals surface area contributed by atoms with Gasteiger partial charge in [0.25, 0.3) is 0 Å². The fraction of sp³-hybridized carbons (Fsp3) is 0.667. The molecule has 2 aliphatic heterocycles. The van der Waals surface area contributed by atoms with Crippen molar-refractivity contribution in [3.63, 3.8) is 0 Å². The highest BCUT2D eigenvalue weighted by Gasteiger charge is 2.76. The Morgan fingerprint density at radius 3 is 2.88 bits per heavy atom. The van der Waals surface area contributed by atoms with Crippen LogP contribution in [0, 0.1) is 5.92 Å². The predicted octanol–water partition coefficient (Wildman–Crippen LogP) is 1.67. The van der Waals surface area contributed by atoms with Crippen LogP contribution in [0.25, 0.3) is 0 Å². The Kier molecular flexibility index (Phi) is 2.65. The number of aromatic hydroxyl groups is 1.